The first-order chi connectivity index (χ1) is 39.6. The van der Waals surface area contributed by atoms with Crippen LogP contribution in [-0.2, 0) is 21.7 Å². The maximum Gasteiger partial charge on any atom is 2.00 e. The summed E-state index contributed by atoms with van der Waals surface area (Å²) in [6.07, 6.45) is 52.9. The maximum atomic E-state index is 4.25. The van der Waals surface area contributed by atoms with E-state index in [1.54, 1.807) is 0 Å². The van der Waals surface area contributed by atoms with E-state index in [0.29, 0.717) is 122 Å². The molecular formula is C64H110N16Ti. The zero-order valence-electron chi connectivity index (χ0n) is 49.3. The van der Waals surface area contributed by atoms with Crippen molar-refractivity contribution in [3.8, 4) is 0 Å². The summed E-state index contributed by atoms with van der Waals surface area (Å²) < 4.78 is 0. The van der Waals surface area contributed by atoms with Gasteiger partial charge in [-0.15, -0.1) is 11.8 Å². The summed E-state index contributed by atoms with van der Waals surface area (Å²) in [5.74, 6) is 11.5. The number of fused-ring (bicyclic) bond motifs is 40. The fourth-order valence-corrected chi connectivity index (χ4v) is 23.5. The molecule has 10 heterocycles. The van der Waals surface area contributed by atoms with Crippen LogP contribution in [0.3, 0.4) is 0 Å². The van der Waals surface area contributed by atoms with E-state index in [0.717, 1.165) is 71.0 Å². The van der Waals surface area contributed by atoms with Crippen LogP contribution < -0.4 is 85.1 Å². The van der Waals surface area contributed by atoms with Gasteiger partial charge in [0.1, 0.15) is 0 Å². The van der Waals surface area contributed by atoms with Crippen LogP contribution in [0.5, 0.6) is 0 Å². The molecule has 10 aliphatic heterocycles. The Balaban J connectivity index is 0.000000132. The molecule has 32 unspecified atom stereocenters. The summed E-state index contributed by atoms with van der Waals surface area (Å²) in [4.78, 5) is 0. The second kappa shape index (κ2) is 24.1. The Labute approximate surface area is 502 Å². The molecular weight excluding hydrogens is 1040 g/mol. The number of rotatable bonds is 0. The van der Waals surface area contributed by atoms with Crippen molar-refractivity contribution in [2.24, 2.45) is 94.7 Å². The van der Waals surface area contributed by atoms with Crippen molar-refractivity contribution in [1.82, 2.24) is 85.1 Å². The quantitative estimate of drug-likeness (QED) is 0.116. The first kappa shape index (κ1) is 56.3. The predicted octanol–water partition coefficient (Wildman–Crippen LogP) is 4.84. The monoisotopic (exact) mass is 1150 g/mol. The van der Waals surface area contributed by atoms with Crippen molar-refractivity contribution in [2.75, 3.05) is 0 Å². The SMILES string of the molecule is [CH-]1CCCC2C3NC(NC4NC(NC5NC(NC6NC(N3)C3CCCCC63)C3CCCCC53)C3CCCCC43)C12.[CH-]1CCCC2C3NC(NC4NC(NC5NC(NC6NC(N3)C3CCCCC63)C3CCCCC53)C3CCCCC43)C12.[Ti+2]. The molecule has 81 heavy (non-hydrogen) atoms. The molecule has 0 aromatic carbocycles. The third-order valence-electron chi connectivity index (χ3n) is 27.1. The summed E-state index contributed by atoms with van der Waals surface area (Å²) in [7, 11) is 0. The van der Waals surface area contributed by atoms with Crippen molar-refractivity contribution < 1.29 is 21.7 Å². The number of hydrogen-bond donors (Lipinski definition) is 16. The molecule has 32 atom stereocenters. The van der Waals surface area contributed by atoms with Crippen LogP contribution in [0.2, 0.25) is 0 Å². The Morgan fingerprint density at radius 2 is 0.296 bits per heavy atom. The minimum atomic E-state index is 0. The van der Waals surface area contributed by atoms with Gasteiger partial charge in [0.15, 0.2) is 0 Å². The van der Waals surface area contributed by atoms with Crippen LogP contribution in [0, 0.1) is 108 Å². The molecule has 16 N–H and O–H groups in total. The van der Waals surface area contributed by atoms with Crippen LogP contribution in [0.15, 0.2) is 0 Å². The summed E-state index contributed by atoms with van der Waals surface area (Å²) in [5.41, 5.74) is 0. The summed E-state index contributed by atoms with van der Waals surface area (Å²) in [5, 5.41) is 67.3. The van der Waals surface area contributed by atoms with Gasteiger partial charge in [-0.05, 0) is 160 Å². The first-order valence-electron chi connectivity index (χ1n) is 35.4. The average Bonchev–Trinajstić information content (AvgIpc) is 4.48. The van der Waals surface area contributed by atoms with Gasteiger partial charge in [-0.2, -0.15) is 12.8 Å². The van der Waals surface area contributed by atoms with E-state index in [1.165, 1.54) is 193 Å². The molecule has 0 aromatic heterocycles. The molecule has 0 aromatic rings. The standard InChI is InChI=1S/2C32H55N8.Ti/c2*1-2-10-18-17(9-1)25-33-26(18)38-28-21-13-5-6-14-22(21)30(35-28)40-32-24-16-8-7-15-23(24)31(36-32)39-29-20-12-4-3-11-19(20)27(34-29)37-25;/h2*9,17-40H,1-8,10-16H2;/q2*-1;+2. The van der Waals surface area contributed by atoms with Crippen molar-refractivity contribution in [3.05, 3.63) is 12.8 Å². The van der Waals surface area contributed by atoms with E-state index in [9.17, 15) is 0 Å². The third-order valence-corrected chi connectivity index (χ3v) is 27.1. The van der Waals surface area contributed by atoms with E-state index in [1.807, 2.05) is 0 Å². The van der Waals surface area contributed by atoms with E-state index < -0.39 is 0 Å². The van der Waals surface area contributed by atoms with Gasteiger partial charge < -0.3 is 12.8 Å². The van der Waals surface area contributed by atoms with E-state index in [4.69, 9.17) is 0 Å². The predicted molar refractivity (Wildman–Crippen MR) is 314 cm³/mol. The van der Waals surface area contributed by atoms with Crippen LogP contribution in [0.25, 0.3) is 0 Å². The third kappa shape index (κ3) is 10.5. The van der Waals surface area contributed by atoms with E-state index in [2.05, 4.69) is 97.9 Å². The molecule has 17 heteroatoms. The Hall–Kier alpha value is 0.0743. The first-order valence-corrected chi connectivity index (χ1v) is 35.4. The molecule has 8 saturated carbocycles. The van der Waals surface area contributed by atoms with Crippen molar-refractivity contribution >= 4 is 0 Å². The molecule has 16 nitrogen and oxygen atoms in total. The zero-order chi connectivity index (χ0) is 52.4. The van der Waals surface area contributed by atoms with Gasteiger partial charge >= 0.3 is 21.7 Å². The van der Waals surface area contributed by atoms with Gasteiger partial charge in [-0.1, -0.05) is 103 Å². The van der Waals surface area contributed by atoms with Gasteiger partial charge in [0, 0.05) is 12.3 Å². The average molecular weight is 1150 g/mol. The van der Waals surface area contributed by atoms with E-state index >= 15 is 0 Å². The largest absolute Gasteiger partial charge is 2.00 e. The van der Waals surface area contributed by atoms with Gasteiger partial charge in [0.25, 0.3) is 0 Å². The zero-order valence-corrected chi connectivity index (χ0v) is 50.9. The van der Waals surface area contributed by atoms with Crippen LogP contribution in [0.1, 0.15) is 193 Å². The molecule has 0 amide bonds. The van der Waals surface area contributed by atoms with Gasteiger partial charge in [-0.3, -0.25) is 85.1 Å². The second-order valence-electron chi connectivity index (χ2n) is 30.8. The molecule has 8 aliphatic carbocycles. The Bertz CT molecular complexity index is 1570. The Morgan fingerprint density at radius 1 is 0.160 bits per heavy atom. The summed E-state index contributed by atoms with van der Waals surface area (Å²) in [6, 6.07) is 0. The van der Waals surface area contributed by atoms with Crippen molar-refractivity contribution in [2.45, 2.75) is 291 Å². The van der Waals surface area contributed by atoms with Crippen LogP contribution in [-0.4, -0.2) is 98.7 Å². The van der Waals surface area contributed by atoms with Gasteiger partial charge in [0.2, 0.25) is 0 Å². The Kier molecular flexibility index (Phi) is 16.8. The summed E-state index contributed by atoms with van der Waals surface area (Å²) >= 11 is 0. The Morgan fingerprint density at radius 3 is 0.469 bits per heavy atom. The molecule has 0 radical (unpaired) electrons. The van der Waals surface area contributed by atoms with Crippen molar-refractivity contribution in [3.63, 3.8) is 0 Å². The maximum absolute atomic E-state index is 4.25. The van der Waals surface area contributed by atoms with Gasteiger partial charge in [0.05, 0.1) is 86.3 Å². The minimum absolute atomic E-state index is 0. The fraction of sp³-hybridized carbons (Fsp3) is 0.969. The second-order valence-corrected chi connectivity index (χ2v) is 30.8. The molecule has 18 rings (SSSR count). The number of hydrogen-bond acceptors (Lipinski definition) is 16. The smallest absolute Gasteiger partial charge is 0.322 e. The van der Waals surface area contributed by atoms with Crippen molar-refractivity contribution in [1.29, 1.82) is 0 Å². The molecule has 18 aliphatic rings. The molecule has 10 saturated heterocycles. The van der Waals surface area contributed by atoms with Crippen LogP contribution in [0.4, 0.5) is 0 Å². The van der Waals surface area contributed by atoms with Gasteiger partial charge in [-0.25, -0.2) is 0 Å². The topological polar surface area (TPSA) is 192 Å². The minimum Gasteiger partial charge on any atom is -0.322 e. The van der Waals surface area contributed by atoms with Crippen LogP contribution >= 0.6 is 0 Å². The normalized spacial score (nSPS) is 56.9. The number of nitrogens with one attached hydrogen (secondary N) is 16. The summed E-state index contributed by atoms with van der Waals surface area (Å²) in [6.45, 7) is 0. The fourth-order valence-electron chi connectivity index (χ4n) is 23.5. The molecule has 18 fully saturated rings. The molecule has 450 valence electrons. The molecule has 16 bridgehead atoms. The van der Waals surface area contributed by atoms with E-state index in [-0.39, 0.29) is 21.7 Å². The molecule has 0 spiro atoms.